The van der Waals surface area contributed by atoms with E-state index >= 15 is 0 Å². The third kappa shape index (κ3) is 3.32. The smallest absolute Gasteiger partial charge is 0.223 e. The maximum atomic E-state index is 11.5. The standard InChI is InChI=1S/C9H18N2O2/c1-7-6-8(2-3-10-7)9(13)11-4-5-12/h7-8,10,12H,2-6H2,1H3,(H,11,13)/t7-,8-/m0/s1. The Labute approximate surface area is 78.7 Å². The first kappa shape index (κ1) is 10.5. The summed E-state index contributed by atoms with van der Waals surface area (Å²) in [5.74, 6) is 0.213. The van der Waals surface area contributed by atoms with Crippen molar-refractivity contribution >= 4 is 5.91 Å². The first-order valence-corrected chi connectivity index (χ1v) is 4.86. The molecule has 1 aliphatic rings. The second-order valence-electron chi connectivity index (χ2n) is 3.59. The first-order valence-electron chi connectivity index (χ1n) is 4.86. The van der Waals surface area contributed by atoms with Gasteiger partial charge in [0.2, 0.25) is 5.91 Å². The molecular weight excluding hydrogens is 168 g/mol. The molecule has 0 aliphatic carbocycles. The van der Waals surface area contributed by atoms with Crippen LogP contribution in [0.15, 0.2) is 0 Å². The van der Waals surface area contributed by atoms with Gasteiger partial charge < -0.3 is 15.7 Å². The Bertz CT molecular complexity index is 173. The highest BCUT2D eigenvalue weighted by Gasteiger charge is 2.23. The fraction of sp³-hybridized carbons (Fsp3) is 0.889. The number of piperidine rings is 1. The van der Waals surface area contributed by atoms with Crippen LogP contribution in [0.1, 0.15) is 19.8 Å². The molecule has 4 nitrogen and oxygen atoms in total. The van der Waals surface area contributed by atoms with Gasteiger partial charge in [0.1, 0.15) is 0 Å². The van der Waals surface area contributed by atoms with Gasteiger partial charge in [-0.3, -0.25) is 4.79 Å². The molecule has 3 N–H and O–H groups in total. The van der Waals surface area contributed by atoms with Crippen molar-refractivity contribution in [3.05, 3.63) is 0 Å². The average molecular weight is 186 g/mol. The number of rotatable bonds is 3. The molecule has 0 bridgehead atoms. The number of aliphatic hydroxyl groups excluding tert-OH is 1. The third-order valence-corrected chi connectivity index (χ3v) is 2.41. The van der Waals surface area contributed by atoms with Crippen LogP contribution in [-0.2, 0) is 4.79 Å². The second kappa shape index (κ2) is 5.19. The van der Waals surface area contributed by atoms with Gasteiger partial charge >= 0.3 is 0 Å². The summed E-state index contributed by atoms with van der Waals surface area (Å²) >= 11 is 0. The number of carbonyl (C=O) groups excluding carboxylic acids is 1. The molecule has 1 rings (SSSR count). The molecule has 13 heavy (non-hydrogen) atoms. The van der Waals surface area contributed by atoms with Gasteiger partial charge in [-0.2, -0.15) is 0 Å². The Balaban J connectivity index is 2.28. The van der Waals surface area contributed by atoms with Gasteiger partial charge in [0.15, 0.2) is 0 Å². The minimum atomic E-state index is 0.0201. The summed E-state index contributed by atoms with van der Waals surface area (Å²) in [6.07, 6.45) is 1.80. The molecule has 1 saturated heterocycles. The lowest BCUT2D eigenvalue weighted by Crippen LogP contribution is -2.42. The molecular formula is C9H18N2O2. The van der Waals surface area contributed by atoms with Crippen LogP contribution in [0.3, 0.4) is 0 Å². The van der Waals surface area contributed by atoms with Crippen molar-refractivity contribution in [1.82, 2.24) is 10.6 Å². The van der Waals surface area contributed by atoms with Crippen molar-refractivity contribution in [2.75, 3.05) is 19.7 Å². The quantitative estimate of drug-likeness (QED) is 0.556. The first-order chi connectivity index (χ1) is 6.24. The van der Waals surface area contributed by atoms with Crippen LogP contribution >= 0.6 is 0 Å². The van der Waals surface area contributed by atoms with E-state index in [2.05, 4.69) is 17.6 Å². The maximum absolute atomic E-state index is 11.5. The number of aliphatic hydroxyl groups is 1. The Kier molecular flexibility index (Phi) is 4.18. The maximum Gasteiger partial charge on any atom is 0.223 e. The minimum absolute atomic E-state index is 0.0201. The molecule has 0 unspecified atom stereocenters. The van der Waals surface area contributed by atoms with E-state index < -0.39 is 0 Å². The molecule has 1 heterocycles. The topological polar surface area (TPSA) is 61.4 Å². The normalized spacial score (nSPS) is 28.5. The molecule has 0 aromatic rings. The van der Waals surface area contributed by atoms with Crippen LogP contribution in [0, 0.1) is 5.92 Å². The van der Waals surface area contributed by atoms with Crippen molar-refractivity contribution in [2.24, 2.45) is 5.92 Å². The Morgan fingerprint density at radius 3 is 3.08 bits per heavy atom. The van der Waals surface area contributed by atoms with Crippen molar-refractivity contribution in [3.8, 4) is 0 Å². The summed E-state index contributed by atoms with van der Waals surface area (Å²) in [6.45, 7) is 3.40. The summed E-state index contributed by atoms with van der Waals surface area (Å²) in [5.41, 5.74) is 0. The van der Waals surface area contributed by atoms with Gasteiger partial charge in [-0.15, -0.1) is 0 Å². The lowest BCUT2D eigenvalue weighted by molar-refractivity contribution is -0.126. The lowest BCUT2D eigenvalue weighted by Gasteiger charge is -2.26. The number of amides is 1. The van der Waals surface area contributed by atoms with E-state index in [1.165, 1.54) is 0 Å². The third-order valence-electron chi connectivity index (χ3n) is 2.41. The Hall–Kier alpha value is -0.610. The van der Waals surface area contributed by atoms with E-state index in [0.29, 0.717) is 12.6 Å². The molecule has 1 aliphatic heterocycles. The van der Waals surface area contributed by atoms with E-state index in [9.17, 15) is 4.79 Å². The van der Waals surface area contributed by atoms with Gasteiger partial charge in [-0.25, -0.2) is 0 Å². The van der Waals surface area contributed by atoms with E-state index in [1.54, 1.807) is 0 Å². The highest BCUT2D eigenvalue weighted by atomic mass is 16.3. The molecule has 76 valence electrons. The molecule has 0 spiro atoms. The van der Waals surface area contributed by atoms with Gasteiger partial charge in [-0.05, 0) is 26.3 Å². The second-order valence-corrected chi connectivity index (χ2v) is 3.59. The molecule has 0 saturated carbocycles. The summed E-state index contributed by atoms with van der Waals surface area (Å²) in [5, 5.41) is 14.5. The monoisotopic (exact) mass is 186 g/mol. The van der Waals surface area contributed by atoms with Crippen LogP contribution in [0.25, 0.3) is 0 Å². The number of hydrogen-bond donors (Lipinski definition) is 3. The van der Waals surface area contributed by atoms with Crippen LogP contribution in [0.4, 0.5) is 0 Å². The van der Waals surface area contributed by atoms with Crippen molar-refractivity contribution in [2.45, 2.75) is 25.8 Å². The fourth-order valence-electron chi connectivity index (χ4n) is 1.69. The van der Waals surface area contributed by atoms with E-state index in [4.69, 9.17) is 5.11 Å². The summed E-state index contributed by atoms with van der Waals surface area (Å²) in [6, 6.07) is 0.429. The number of carbonyl (C=O) groups is 1. The zero-order valence-corrected chi connectivity index (χ0v) is 8.05. The van der Waals surface area contributed by atoms with Gasteiger partial charge in [-0.1, -0.05) is 0 Å². The van der Waals surface area contributed by atoms with E-state index in [0.717, 1.165) is 19.4 Å². The molecule has 0 aromatic carbocycles. The Morgan fingerprint density at radius 2 is 2.46 bits per heavy atom. The van der Waals surface area contributed by atoms with E-state index in [-0.39, 0.29) is 18.4 Å². The molecule has 1 amide bonds. The minimum Gasteiger partial charge on any atom is -0.395 e. The van der Waals surface area contributed by atoms with Crippen LogP contribution < -0.4 is 10.6 Å². The van der Waals surface area contributed by atoms with Crippen LogP contribution in [0.2, 0.25) is 0 Å². The van der Waals surface area contributed by atoms with Gasteiger partial charge in [0.05, 0.1) is 6.61 Å². The van der Waals surface area contributed by atoms with Gasteiger partial charge in [0, 0.05) is 18.5 Å². The molecule has 1 fully saturated rings. The zero-order valence-electron chi connectivity index (χ0n) is 8.05. The van der Waals surface area contributed by atoms with Crippen LogP contribution in [-0.4, -0.2) is 36.8 Å². The van der Waals surface area contributed by atoms with Crippen molar-refractivity contribution in [3.63, 3.8) is 0 Å². The highest BCUT2D eigenvalue weighted by molar-refractivity contribution is 5.78. The van der Waals surface area contributed by atoms with Gasteiger partial charge in [0.25, 0.3) is 0 Å². The Morgan fingerprint density at radius 1 is 1.69 bits per heavy atom. The van der Waals surface area contributed by atoms with Crippen molar-refractivity contribution < 1.29 is 9.90 Å². The summed E-state index contributed by atoms with van der Waals surface area (Å²) in [4.78, 5) is 11.5. The van der Waals surface area contributed by atoms with Crippen LogP contribution in [0.5, 0.6) is 0 Å². The molecule has 0 radical (unpaired) electrons. The SMILES string of the molecule is C[C@H]1C[C@@H](C(=O)NCCO)CCN1. The largest absolute Gasteiger partial charge is 0.395 e. The average Bonchev–Trinajstić information content (AvgIpc) is 2.14. The summed E-state index contributed by atoms with van der Waals surface area (Å²) < 4.78 is 0. The zero-order chi connectivity index (χ0) is 9.68. The fourth-order valence-corrected chi connectivity index (χ4v) is 1.69. The number of nitrogens with one attached hydrogen (secondary N) is 2. The van der Waals surface area contributed by atoms with E-state index in [1.807, 2.05) is 0 Å². The molecule has 0 aromatic heterocycles. The predicted octanol–water partition coefficient (Wildman–Crippen LogP) is -0.517. The molecule has 2 atom stereocenters. The summed E-state index contributed by atoms with van der Waals surface area (Å²) in [7, 11) is 0. The number of hydrogen-bond acceptors (Lipinski definition) is 3. The highest BCUT2D eigenvalue weighted by Crippen LogP contribution is 2.15. The predicted molar refractivity (Wildman–Crippen MR) is 50.3 cm³/mol. The molecule has 4 heteroatoms. The van der Waals surface area contributed by atoms with Crippen molar-refractivity contribution in [1.29, 1.82) is 0 Å². The lowest BCUT2D eigenvalue weighted by atomic mass is 9.92.